The van der Waals surface area contributed by atoms with Crippen molar-refractivity contribution in [2.75, 3.05) is 13.1 Å². The Hall–Kier alpha value is -1.57. The molecule has 0 radical (unpaired) electrons. The molecule has 0 fully saturated rings. The van der Waals surface area contributed by atoms with Gasteiger partial charge >= 0.3 is 0 Å². The summed E-state index contributed by atoms with van der Waals surface area (Å²) < 4.78 is 0. The maximum atomic E-state index is 11.4. The number of amides is 1. The van der Waals surface area contributed by atoms with Crippen molar-refractivity contribution in [2.24, 2.45) is 0 Å². The van der Waals surface area contributed by atoms with Gasteiger partial charge in [0, 0.05) is 20.0 Å². The molecule has 0 aromatic heterocycles. The predicted molar refractivity (Wildman–Crippen MR) is 72.6 cm³/mol. The van der Waals surface area contributed by atoms with Crippen LogP contribution in [0.2, 0.25) is 0 Å². The molecule has 1 aromatic rings. The molecule has 1 aromatic carbocycles. The lowest BCUT2D eigenvalue weighted by Crippen LogP contribution is -2.30. The normalized spacial score (nSPS) is 11.4. The Bertz CT molecular complexity index is 381. The van der Waals surface area contributed by atoms with Gasteiger partial charge in [-0.3, -0.25) is 4.79 Å². The summed E-state index contributed by atoms with van der Waals surface area (Å²) in [5, 5.41) is 0. The molecule has 0 saturated heterocycles. The first-order valence-corrected chi connectivity index (χ1v) is 6.11. The average molecular weight is 231 g/mol. The number of hydrogen-bond donors (Lipinski definition) is 0. The molecule has 0 unspecified atom stereocenters. The molecule has 2 nitrogen and oxygen atoms in total. The Balaban J connectivity index is 2.67. The zero-order valence-electron chi connectivity index (χ0n) is 10.9. The van der Waals surface area contributed by atoms with Gasteiger partial charge in [-0.2, -0.15) is 0 Å². The van der Waals surface area contributed by atoms with E-state index in [9.17, 15) is 4.79 Å². The first-order chi connectivity index (χ1) is 8.13. The fraction of sp³-hybridized carbons (Fsp3) is 0.400. The van der Waals surface area contributed by atoms with Crippen LogP contribution in [0.15, 0.2) is 35.9 Å². The SMILES string of the molecule is CCCN(CC(C)=Cc1ccccc1)C(C)=O. The fourth-order valence-electron chi connectivity index (χ4n) is 1.80. The standard InChI is InChI=1S/C15H21NO/c1-4-10-16(14(3)17)12-13(2)11-15-8-6-5-7-9-15/h5-9,11H,4,10,12H2,1-3H3. The van der Waals surface area contributed by atoms with Crippen LogP contribution in [-0.4, -0.2) is 23.9 Å². The van der Waals surface area contributed by atoms with Gasteiger partial charge < -0.3 is 4.90 Å². The molecule has 92 valence electrons. The Labute approximate surface area is 104 Å². The highest BCUT2D eigenvalue weighted by Crippen LogP contribution is 2.08. The summed E-state index contributed by atoms with van der Waals surface area (Å²) in [4.78, 5) is 13.3. The van der Waals surface area contributed by atoms with E-state index in [1.807, 2.05) is 23.1 Å². The molecule has 0 aliphatic heterocycles. The molecular weight excluding hydrogens is 210 g/mol. The van der Waals surface area contributed by atoms with E-state index in [4.69, 9.17) is 0 Å². The molecular formula is C15H21NO. The van der Waals surface area contributed by atoms with Crippen LogP contribution in [0.4, 0.5) is 0 Å². The lowest BCUT2D eigenvalue weighted by molar-refractivity contribution is -0.128. The highest BCUT2D eigenvalue weighted by molar-refractivity contribution is 5.73. The van der Waals surface area contributed by atoms with Crippen LogP contribution in [0.5, 0.6) is 0 Å². The van der Waals surface area contributed by atoms with Gasteiger partial charge in [-0.15, -0.1) is 0 Å². The van der Waals surface area contributed by atoms with E-state index in [-0.39, 0.29) is 5.91 Å². The summed E-state index contributed by atoms with van der Waals surface area (Å²) in [6.45, 7) is 7.34. The zero-order valence-corrected chi connectivity index (χ0v) is 10.9. The van der Waals surface area contributed by atoms with Crippen LogP contribution in [-0.2, 0) is 4.79 Å². The van der Waals surface area contributed by atoms with E-state index in [1.54, 1.807) is 6.92 Å². The summed E-state index contributed by atoms with van der Waals surface area (Å²) in [5.41, 5.74) is 2.39. The third kappa shape index (κ3) is 4.85. The Morgan fingerprint density at radius 1 is 1.24 bits per heavy atom. The minimum atomic E-state index is 0.146. The van der Waals surface area contributed by atoms with E-state index >= 15 is 0 Å². The Kier molecular flexibility index (Phi) is 5.47. The topological polar surface area (TPSA) is 20.3 Å². The summed E-state index contributed by atoms with van der Waals surface area (Å²) in [5.74, 6) is 0.146. The summed E-state index contributed by atoms with van der Waals surface area (Å²) in [7, 11) is 0. The van der Waals surface area contributed by atoms with Crippen LogP contribution in [0.3, 0.4) is 0 Å². The Morgan fingerprint density at radius 3 is 2.41 bits per heavy atom. The molecule has 0 atom stereocenters. The second kappa shape index (κ2) is 6.89. The van der Waals surface area contributed by atoms with Crippen LogP contribution >= 0.6 is 0 Å². The first kappa shape index (κ1) is 13.5. The molecule has 2 heteroatoms. The molecule has 0 aliphatic rings. The number of hydrogen-bond acceptors (Lipinski definition) is 1. The van der Waals surface area contributed by atoms with Gasteiger partial charge in [0.05, 0.1) is 0 Å². The van der Waals surface area contributed by atoms with Crippen LogP contribution in [0, 0.1) is 0 Å². The van der Waals surface area contributed by atoms with E-state index in [0.29, 0.717) is 0 Å². The van der Waals surface area contributed by atoms with Crippen molar-refractivity contribution in [1.29, 1.82) is 0 Å². The van der Waals surface area contributed by atoms with Crippen LogP contribution in [0.25, 0.3) is 6.08 Å². The summed E-state index contributed by atoms with van der Waals surface area (Å²) >= 11 is 0. The monoisotopic (exact) mass is 231 g/mol. The lowest BCUT2D eigenvalue weighted by atomic mass is 10.1. The molecule has 0 aliphatic carbocycles. The molecule has 0 spiro atoms. The number of nitrogens with zero attached hydrogens (tertiary/aromatic N) is 1. The largest absolute Gasteiger partial charge is 0.339 e. The molecule has 1 rings (SSSR count). The van der Waals surface area contributed by atoms with Crippen LogP contribution < -0.4 is 0 Å². The highest BCUT2D eigenvalue weighted by Gasteiger charge is 2.07. The van der Waals surface area contributed by atoms with Gasteiger partial charge in [0.1, 0.15) is 0 Å². The van der Waals surface area contributed by atoms with Crippen molar-refractivity contribution in [3.8, 4) is 0 Å². The maximum Gasteiger partial charge on any atom is 0.219 e. The van der Waals surface area contributed by atoms with Gasteiger partial charge in [0.25, 0.3) is 0 Å². The van der Waals surface area contributed by atoms with Crippen molar-refractivity contribution in [2.45, 2.75) is 27.2 Å². The van der Waals surface area contributed by atoms with Crippen molar-refractivity contribution in [1.82, 2.24) is 4.90 Å². The van der Waals surface area contributed by atoms with Crippen molar-refractivity contribution < 1.29 is 4.79 Å². The van der Waals surface area contributed by atoms with E-state index in [0.717, 1.165) is 19.5 Å². The van der Waals surface area contributed by atoms with Crippen molar-refractivity contribution >= 4 is 12.0 Å². The third-order valence-electron chi connectivity index (χ3n) is 2.59. The quantitative estimate of drug-likeness (QED) is 0.761. The summed E-state index contributed by atoms with van der Waals surface area (Å²) in [6, 6.07) is 10.2. The van der Waals surface area contributed by atoms with Gasteiger partial charge in [-0.25, -0.2) is 0 Å². The van der Waals surface area contributed by atoms with E-state index in [2.05, 4.69) is 32.1 Å². The summed E-state index contributed by atoms with van der Waals surface area (Å²) in [6.07, 6.45) is 3.13. The molecule has 1 amide bonds. The molecule has 0 saturated carbocycles. The van der Waals surface area contributed by atoms with Crippen molar-refractivity contribution in [3.05, 3.63) is 41.5 Å². The van der Waals surface area contributed by atoms with Gasteiger partial charge in [-0.1, -0.05) is 48.9 Å². The second-order valence-corrected chi connectivity index (χ2v) is 4.34. The van der Waals surface area contributed by atoms with Crippen molar-refractivity contribution in [3.63, 3.8) is 0 Å². The number of benzene rings is 1. The highest BCUT2D eigenvalue weighted by atomic mass is 16.2. The van der Waals surface area contributed by atoms with E-state index < -0.39 is 0 Å². The molecule has 17 heavy (non-hydrogen) atoms. The van der Waals surface area contributed by atoms with Gasteiger partial charge in [0.15, 0.2) is 0 Å². The zero-order chi connectivity index (χ0) is 12.7. The van der Waals surface area contributed by atoms with Crippen LogP contribution in [0.1, 0.15) is 32.8 Å². The second-order valence-electron chi connectivity index (χ2n) is 4.34. The number of carbonyl (C=O) groups excluding carboxylic acids is 1. The minimum Gasteiger partial charge on any atom is -0.339 e. The lowest BCUT2D eigenvalue weighted by Gasteiger charge is -2.20. The minimum absolute atomic E-state index is 0.146. The maximum absolute atomic E-state index is 11.4. The van der Waals surface area contributed by atoms with Gasteiger partial charge in [-0.05, 0) is 18.9 Å². The molecule has 0 bridgehead atoms. The first-order valence-electron chi connectivity index (χ1n) is 6.11. The fourth-order valence-corrected chi connectivity index (χ4v) is 1.80. The third-order valence-corrected chi connectivity index (χ3v) is 2.59. The predicted octanol–water partition coefficient (Wildman–Crippen LogP) is 3.35. The van der Waals surface area contributed by atoms with E-state index in [1.165, 1.54) is 11.1 Å². The molecule has 0 N–H and O–H groups in total. The smallest absolute Gasteiger partial charge is 0.219 e. The number of carbonyl (C=O) groups is 1. The van der Waals surface area contributed by atoms with Gasteiger partial charge in [0.2, 0.25) is 5.91 Å². The number of rotatable bonds is 5. The molecule has 0 heterocycles. The Morgan fingerprint density at radius 2 is 1.88 bits per heavy atom. The average Bonchev–Trinajstić information content (AvgIpc) is 2.29.